The highest BCUT2D eigenvalue weighted by atomic mass is 19.4. The molecule has 2 aliphatic rings. The van der Waals surface area contributed by atoms with Crippen LogP contribution in [0.2, 0.25) is 0 Å². The molecule has 0 aromatic carbocycles. The lowest BCUT2D eigenvalue weighted by Gasteiger charge is -2.33. The van der Waals surface area contributed by atoms with Crippen LogP contribution in [-0.2, 0) is 28.5 Å². The van der Waals surface area contributed by atoms with Crippen LogP contribution in [0.5, 0.6) is 0 Å². The molecule has 2 bridgehead atoms. The standard InChI is InChI=1S/C13H16F3NO7/c1-21-5-23-9-7-3-6(18)4-8(17(7)12(20)22-2)10(9)24-11(19)13(14,15)16/h7-10H,3-5H2,1-2H3/t7-,8+,9-,10+/m1/s1. The number of esters is 1. The molecular weight excluding hydrogens is 339 g/mol. The highest BCUT2D eigenvalue weighted by Gasteiger charge is 2.59. The van der Waals surface area contributed by atoms with Gasteiger partial charge < -0.3 is 18.9 Å². The molecule has 2 heterocycles. The van der Waals surface area contributed by atoms with Crippen molar-refractivity contribution in [3.05, 3.63) is 0 Å². The van der Waals surface area contributed by atoms with Crippen molar-refractivity contribution in [1.29, 1.82) is 0 Å². The van der Waals surface area contributed by atoms with Gasteiger partial charge in [-0.25, -0.2) is 9.59 Å². The molecule has 0 N–H and O–H groups in total. The lowest BCUT2D eigenvalue weighted by molar-refractivity contribution is -0.212. The van der Waals surface area contributed by atoms with Gasteiger partial charge >= 0.3 is 18.2 Å². The number of hydrogen-bond donors (Lipinski definition) is 0. The number of ether oxygens (including phenoxy) is 4. The summed E-state index contributed by atoms with van der Waals surface area (Å²) < 4.78 is 56.7. The number of fused-ring (bicyclic) bond motifs is 2. The topological polar surface area (TPSA) is 91.4 Å². The zero-order valence-electron chi connectivity index (χ0n) is 12.9. The number of ketones is 1. The highest BCUT2D eigenvalue weighted by molar-refractivity contribution is 5.84. The van der Waals surface area contributed by atoms with Crippen molar-refractivity contribution in [1.82, 2.24) is 4.90 Å². The van der Waals surface area contributed by atoms with Gasteiger partial charge in [0.2, 0.25) is 0 Å². The van der Waals surface area contributed by atoms with Gasteiger partial charge in [0, 0.05) is 20.0 Å². The van der Waals surface area contributed by atoms with E-state index >= 15 is 0 Å². The Kier molecular flexibility index (Phi) is 5.33. The number of methoxy groups -OCH3 is 2. The van der Waals surface area contributed by atoms with Crippen LogP contribution >= 0.6 is 0 Å². The number of Topliss-reactive ketones (excluding diaryl/α,β-unsaturated/α-hetero) is 1. The normalized spacial score (nSPS) is 29.5. The predicted octanol–water partition coefficient (Wildman–Crippen LogP) is 0.632. The molecule has 0 aromatic heterocycles. The molecule has 11 heteroatoms. The van der Waals surface area contributed by atoms with Crippen LogP contribution in [-0.4, -0.2) is 74.2 Å². The van der Waals surface area contributed by atoms with E-state index in [9.17, 15) is 27.6 Å². The van der Waals surface area contributed by atoms with E-state index in [4.69, 9.17) is 9.47 Å². The van der Waals surface area contributed by atoms with Gasteiger partial charge in [-0.1, -0.05) is 0 Å². The third-order valence-corrected chi connectivity index (χ3v) is 3.91. The van der Waals surface area contributed by atoms with E-state index in [0.717, 1.165) is 12.0 Å². The second kappa shape index (κ2) is 6.93. The van der Waals surface area contributed by atoms with Gasteiger partial charge in [-0.3, -0.25) is 9.69 Å². The zero-order valence-corrected chi connectivity index (χ0v) is 12.9. The first-order valence-corrected chi connectivity index (χ1v) is 6.97. The molecule has 4 atom stereocenters. The maximum absolute atomic E-state index is 12.5. The average molecular weight is 355 g/mol. The Morgan fingerprint density at radius 1 is 1.17 bits per heavy atom. The minimum Gasteiger partial charge on any atom is -0.453 e. The van der Waals surface area contributed by atoms with Gasteiger partial charge in [-0.15, -0.1) is 0 Å². The van der Waals surface area contributed by atoms with E-state index in [1.54, 1.807) is 0 Å². The minimum atomic E-state index is -5.21. The Labute approximate surface area is 134 Å². The van der Waals surface area contributed by atoms with E-state index in [-0.39, 0.29) is 25.4 Å². The van der Waals surface area contributed by atoms with Gasteiger partial charge in [0.1, 0.15) is 18.7 Å². The summed E-state index contributed by atoms with van der Waals surface area (Å²) in [6.07, 6.45) is -9.03. The van der Waals surface area contributed by atoms with E-state index in [2.05, 4.69) is 9.47 Å². The van der Waals surface area contributed by atoms with Gasteiger partial charge in [0.25, 0.3) is 0 Å². The number of halogens is 3. The van der Waals surface area contributed by atoms with Crippen molar-refractivity contribution < 1.29 is 46.5 Å². The van der Waals surface area contributed by atoms with Crippen molar-refractivity contribution in [2.75, 3.05) is 21.0 Å². The van der Waals surface area contributed by atoms with Gasteiger partial charge in [0.05, 0.1) is 19.2 Å². The first-order valence-electron chi connectivity index (χ1n) is 6.97. The molecule has 0 aromatic rings. The quantitative estimate of drug-likeness (QED) is 0.540. The molecule has 2 saturated heterocycles. The Balaban J connectivity index is 2.31. The smallest absolute Gasteiger partial charge is 0.453 e. The largest absolute Gasteiger partial charge is 0.490 e. The van der Waals surface area contributed by atoms with Crippen molar-refractivity contribution in [2.24, 2.45) is 0 Å². The van der Waals surface area contributed by atoms with Gasteiger partial charge in [-0.05, 0) is 0 Å². The third kappa shape index (κ3) is 3.46. The van der Waals surface area contributed by atoms with Crippen molar-refractivity contribution in [2.45, 2.75) is 43.3 Å². The van der Waals surface area contributed by atoms with Crippen LogP contribution in [0.3, 0.4) is 0 Å². The van der Waals surface area contributed by atoms with Crippen LogP contribution in [0.4, 0.5) is 18.0 Å². The van der Waals surface area contributed by atoms with Crippen LogP contribution in [0.25, 0.3) is 0 Å². The number of hydrogen-bond acceptors (Lipinski definition) is 7. The van der Waals surface area contributed by atoms with E-state index < -0.39 is 42.5 Å². The first kappa shape index (κ1) is 18.5. The fourth-order valence-electron chi connectivity index (χ4n) is 3.04. The summed E-state index contributed by atoms with van der Waals surface area (Å²) >= 11 is 0. The SMILES string of the molecule is COCO[C@H]1[C@@H](OC(=O)C(F)(F)F)[C@@H]2CC(=O)C[C@H]1N2C(=O)OC. The van der Waals surface area contributed by atoms with Crippen LogP contribution in [0.15, 0.2) is 0 Å². The van der Waals surface area contributed by atoms with Gasteiger partial charge in [0.15, 0.2) is 6.10 Å². The second-order valence-electron chi connectivity index (χ2n) is 5.36. The lowest BCUT2D eigenvalue weighted by Crippen LogP contribution is -2.49. The molecule has 8 nitrogen and oxygen atoms in total. The number of piperidine rings is 1. The number of amides is 1. The molecule has 2 rings (SSSR count). The van der Waals surface area contributed by atoms with Crippen molar-refractivity contribution in [3.63, 3.8) is 0 Å². The summed E-state index contributed by atoms with van der Waals surface area (Å²) in [7, 11) is 2.39. The first-order chi connectivity index (χ1) is 11.2. The third-order valence-electron chi connectivity index (χ3n) is 3.91. The average Bonchev–Trinajstić information content (AvgIpc) is 2.69. The molecule has 2 aliphatic heterocycles. The molecule has 136 valence electrons. The van der Waals surface area contributed by atoms with E-state index in [1.807, 2.05) is 0 Å². The van der Waals surface area contributed by atoms with Crippen LogP contribution < -0.4 is 0 Å². The van der Waals surface area contributed by atoms with E-state index in [0.29, 0.717) is 0 Å². The molecule has 0 unspecified atom stereocenters. The molecule has 0 radical (unpaired) electrons. The molecule has 1 amide bonds. The number of alkyl halides is 3. The molecule has 2 fully saturated rings. The predicted molar refractivity (Wildman–Crippen MR) is 68.7 cm³/mol. The fourth-order valence-corrected chi connectivity index (χ4v) is 3.04. The summed E-state index contributed by atoms with van der Waals surface area (Å²) in [5, 5.41) is 0. The molecule has 0 aliphatic carbocycles. The van der Waals surface area contributed by atoms with Crippen LogP contribution in [0.1, 0.15) is 12.8 Å². The summed E-state index contributed by atoms with van der Waals surface area (Å²) in [5.74, 6) is -2.69. The van der Waals surface area contributed by atoms with Gasteiger partial charge in [-0.2, -0.15) is 13.2 Å². The maximum Gasteiger partial charge on any atom is 0.490 e. The molecule has 0 spiro atoms. The minimum absolute atomic E-state index is 0.139. The summed E-state index contributed by atoms with van der Waals surface area (Å²) in [5.41, 5.74) is 0. The molecular formula is C13H16F3NO7. The molecule has 24 heavy (non-hydrogen) atoms. The second-order valence-corrected chi connectivity index (χ2v) is 5.36. The van der Waals surface area contributed by atoms with E-state index in [1.165, 1.54) is 7.11 Å². The van der Waals surface area contributed by atoms with Crippen molar-refractivity contribution >= 4 is 17.8 Å². The lowest BCUT2D eigenvalue weighted by atomic mass is 10.0. The Hall–Kier alpha value is -1.88. The highest BCUT2D eigenvalue weighted by Crippen LogP contribution is 2.39. The maximum atomic E-state index is 12.5. The number of carbonyl (C=O) groups is 3. The Morgan fingerprint density at radius 3 is 2.25 bits per heavy atom. The fraction of sp³-hybridized carbons (Fsp3) is 0.769. The summed E-state index contributed by atoms with van der Waals surface area (Å²) in [6.45, 7) is -0.308. The molecule has 0 saturated carbocycles. The number of rotatable bonds is 4. The summed E-state index contributed by atoms with van der Waals surface area (Å²) in [4.78, 5) is 36.0. The Bertz CT molecular complexity index is 524. The van der Waals surface area contributed by atoms with Crippen LogP contribution in [0, 0.1) is 0 Å². The number of carbonyl (C=O) groups excluding carboxylic acids is 3. The number of nitrogens with zero attached hydrogens (tertiary/aromatic N) is 1. The van der Waals surface area contributed by atoms with Crippen molar-refractivity contribution in [3.8, 4) is 0 Å². The Morgan fingerprint density at radius 2 is 1.75 bits per heavy atom. The summed E-state index contributed by atoms with van der Waals surface area (Å²) in [6, 6.07) is -1.98. The zero-order chi connectivity index (χ0) is 18.1. The monoisotopic (exact) mass is 355 g/mol.